The highest BCUT2D eigenvalue weighted by molar-refractivity contribution is 9.08. The van der Waals surface area contributed by atoms with E-state index in [1.165, 1.54) is 7.11 Å². The van der Waals surface area contributed by atoms with Crippen LogP contribution in [0.5, 0.6) is 11.5 Å². The number of hydrogen-bond acceptors (Lipinski definition) is 4. The van der Waals surface area contributed by atoms with Crippen molar-refractivity contribution in [3.63, 3.8) is 0 Å². The molecular weight excluding hydrogens is 307 g/mol. The third-order valence-corrected chi connectivity index (χ3v) is 2.46. The fourth-order valence-corrected chi connectivity index (χ4v) is 1.83. The molecule has 1 rings (SSSR count). The van der Waals surface area contributed by atoms with E-state index in [-0.39, 0.29) is 16.8 Å². The van der Waals surface area contributed by atoms with Gasteiger partial charge in [-0.3, -0.25) is 4.98 Å². The molecule has 0 aliphatic rings. The summed E-state index contributed by atoms with van der Waals surface area (Å²) in [6, 6.07) is 0. The monoisotopic (exact) mass is 315 g/mol. The Balaban J connectivity index is 3.23. The maximum Gasteiger partial charge on any atom is 0.573 e. The number of hydrogen-bond donors (Lipinski definition) is 1. The number of halogens is 4. The van der Waals surface area contributed by atoms with Crippen molar-refractivity contribution in [3.8, 4) is 11.5 Å². The summed E-state index contributed by atoms with van der Waals surface area (Å²) in [5.74, 6) is -0.634. The van der Waals surface area contributed by atoms with Crippen molar-refractivity contribution in [2.45, 2.75) is 18.3 Å². The van der Waals surface area contributed by atoms with Gasteiger partial charge in [-0.15, -0.1) is 13.2 Å². The Labute approximate surface area is 103 Å². The quantitative estimate of drug-likeness (QED) is 0.867. The van der Waals surface area contributed by atoms with E-state index in [4.69, 9.17) is 9.84 Å². The first-order chi connectivity index (χ1) is 7.92. The minimum absolute atomic E-state index is 0.0988. The SMILES string of the molecule is COc1c(OC(F)(F)F)cnc(CO)c1CBr. The minimum atomic E-state index is -4.82. The molecule has 0 aliphatic carbocycles. The molecule has 0 atom stereocenters. The normalized spacial score (nSPS) is 11.4. The van der Waals surface area contributed by atoms with Crippen LogP contribution in [0.25, 0.3) is 0 Å². The molecule has 1 aromatic rings. The fraction of sp³-hybridized carbons (Fsp3) is 0.444. The Morgan fingerprint density at radius 1 is 1.47 bits per heavy atom. The van der Waals surface area contributed by atoms with Crippen LogP contribution in [0.1, 0.15) is 11.3 Å². The van der Waals surface area contributed by atoms with Crippen LogP contribution in [-0.2, 0) is 11.9 Å². The van der Waals surface area contributed by atoms with Crippen LogP contribution < -0.4 is 9.47 Å². The van der Waals surface area contributed by atoms with Gasteiger partial charge < -0.3 is 14.6 Å². The molecule has 0 bridgehead atoms. The van der Waals surface area contributed by atoms with E-state index in [0.29, 0.717) is 5.56 Å². The summed E-state index contributed by atoms with van der Waals surface area (Å²) in [5.41, 5.74) is 0.546. The van der Waals surface area contributed by atoms with Crippen molar-refractivity contribution in [3.05, 3.63) is 17.5 Å². The highest BCUT2D eigenvalue weighted by Crippen LogP contribution is 2.36. The topological polar surface area (TPSA) is 51.6 Å². The highest BCUT2D eigenvalue weighted by atomic mass is 79.9. The molecule has 1 N–H and O–H groups in total. The van der Waals surface area contributed by atoms with Gasteiger partial charge in [-0.25, -0.2) is 0 Å². The Hall–Kier alpha value is -1.02. The predicted octanol–water partition coefficient (Wildman–Crippen LogP) is 2.38. The van der Waals surface area contributed by atoms with Crippen molar-refractivity contribution in [1.82, 2.24) is 4.98 Å². The van der Waals surface area contributed by atoms with Gasteiger partial charge in [0.15, 0.2) is 11.5 Å². The zero-order chi connectivity index (χ0) is 13.1. The largest absolute Gasteiger partial charge is 0.573 e. The molecule has 8 heteroatoms. The summed E-state index contributed by atoms with van der Waals surface area (Å²) in [7, 11) is 1.21. The zero-order valence-corrected chi connectivity index (χ0v) is 10.3. The van der Waals surface area contributed by atoms with Gasteiger partial charge in [0.05, 0.1) is 25.6 Å². The summed E-state index contributed by atoms with van der Waals surface area (Å²) in [6.45, 7) is -0.399. The molecule has 0 spiro atoms. The van der Waals surface area contributed by atoms with Gasteiger partial charge in [-0.05, 0) is 0 Å². The Bertz CT molecular complexity index is 398. The molecule has 1 heterocycles. The van der Waals surface area contributed by atoms with E-state index in [2.05, 4.69) is 25.7 Å². The van der Waals surface area contributed by atoms with Crippen LogP contribution >= 0.6 is 15.9 Å². The molecule has 0 fully saturated rings. The van der Waals surface area contributed by atoms with Crippen LogP contribution in [0.3, 0.4) is 0 Å². The highest BCUT2D eigenvalue weighted by Gasteiger charge is 2.33. The molecule has 0 saturated heterocycles. The number of methoxy groups -OCH3 is 1. The lowest BCUT2D eigenvalue weighted by Gasteiger charge is -2.16. The molecule has 0 amide bonds. The summed E-state index contributed by atoms with van der Waals surface area (Å²) in [6.07, 6.45) is -3.96. The van der Waals surface area contributed by atoms with Crippen LogP contribution in [0.4, 0.5) is 13.2 Å². The van der Waals surface area contributed by atoms with E-state index in [9.17, 15) is 13.2 Å². The first-order valence-electron chi connectivity index (χ1n) is 4.40. The first-order valence-corrected chi connectivity index (χ1v) is 5.52. The second-order valence-corrected chi connectivity index (χ2v) is 3.48. The summed E-state index contributed by atoms with van der Waals surface area (Å²) < 4.78 is 45.0. The minimum Gasteiger partial charge on any atom is -0.492 e. The van der Waals surface area contributed by atoms with Gasteiger partial charge in [0.1, 0.15) is 0 Å². The molecule has 4 nitrogen and oxygen atoms in total. The second-order valence-electron chi connectivity index (χ2n) is 2.92. The molecular formula is C9H9BrF3NO3. The van der Waals surface area contributed by atoms with Gasteiger partial charge in [0.25, 0.3) is 0 Å². The summed E-state index contributed by atoms with van der Waals surface area (Å²) in [4.78, 5) is 3.68. The lowest BCUT2D eigenvalue weighted by molar-refractivity contribution is -0.275. The van der Waals surface area contributed by atoms with E-state index < -0.39 is 18.7 Å². The van der Waals surface area contributed by atoms with Crippen LogP contribution in [0, 0.1) is 0 Å². The Morgan fingerprint density at radius 3 is 2.53 bits per heavy atom. The van der Waals surface area contributed by atoms with Gasteiger partial charge in [-0.1, -0.05) is 15.9 Å². The smallest absolute Gasteiger partial charge is 0.492 e. The molecule has 96 valence electrons. The van der Waals surface area contributed by atoms with Crippen molar-refractivity contribution in [1.29, 1.82) is 0 Å². The molecule has 0 saturated carbocycles. The average molecular weight is 316 g/mol. The number of aliphatic hydroxyl groups is 1. The summed E-state index contributed by atoms with van der Waals surface area (Å²) in [5, 5.41) is 9.18. The fourth-order valence-electron chi connectivity index (χ4n) is 1.25. The van der Waals surface area contributed by atoms with Gasteiger partial charge in [-0.2, -0.15) is 0 Å². The van der Waals surface area contributed by atoms with Crippen LogP contribution in [0.2, 0.25) is 0 Å². The number of rotatable bonds is 4. The van der Waals surface area contributed by atoms with Gasteiger partial charge >= 0.3 is 6.36 Å². The lowest BCUT2D eigenvalue weighted by Crippen LogP contribution is -2.18. The average Bonchev–Trinajstić information content (AvgIpc) is 2.26. The molecule has 0 aromatic carbocycles. The maximum absolute atomic E-state index is 12.1. The van der Waals surface area contributed by atoms with Crippen LogP contribution in [-0.4, -0.2) is 23.6 Å². The van der Waals surface area contributed by atoms with E-state index in [1.807, 2.05) is 0 Å². The number of pyridine rings is 1. The van der Waals surface area contributed by atoms with Gasteiger partial charge in [0, 0.05) is 10.9 Å². The summed E-state index contributed by atoms with van der Waals surface area (Å²) >= 11 is 3.09. The predicted molar refractivity (Wildman–Crippen MR) is 56.0 cm³/mol. The zero-order valence-electron chi connectivity index (χ0n) is 8.71. The first kappa shape index (κ1) is 14.0. The Morgan fingerprint density at radius 2 is 2.12 bits per heavy atom. The number of nitrogens with zero attached hydrogens (tertiary/aromatic N) is 1. The van der Waals surface area contributed by atoms with Crippen molar-refractivity contribution < 1.29 is 27.8 Å². The van der Waals surface area contributed by atoms with Crippen LogP contribution in [0.15, 0.2) is 6.20 Å². The number of ether oxygens (including phenoxy) is 2. The van der Waals surface area contributed by atoms with Crippen molar-refractivity contribution >= 4 is 15.9 Å². The molecule has 0 radical (unpaired) electrons. The van der Waals surface area contributed by atoms with E-state index >= 15 is 0 Å². The molecule has 1 aromatic heterocycles. The maximum atomic E-state index is 12.1. The van der Waals surface area contributed by atoms with Crippen molar-refractivity contribution in [2.75, 3.05) is 7.11 Å². The van der Waals surface area contributed by atoms with Crippen molar-refractivity contribution in [2.24, 2.45) is 0 Å². The van der Waals surface area contributed by atoms with E-state index in [1.54, 1.807) is 0 Å². The molecule has 0 unspecified atom stereocenters. The lowest BCUT2D eigenvalue weighted by atomic mass is 10.2. The van der Waals surface area contributed by atoms with E-state index in [0.717, 1.165) is 6.20 Å². The second kappa shape index (κ2) is 5.54. The third kappa shape index (κ3) is 3.47. The molecule has 17 heavy (non-hydrogen) atoms. The number of aromatic nitrogens is 1. The molecule has 0 aliphatic heterocycles. The number of alkyl halides is 4. The third-order valence-electron chi connectivity index (χ3n) is 1.90. The van der Waals surface area contributed by atoms with Gasteiger partial charge in [0.2, 0.25) is 0 Å². The Kier molecular flexibility index (Phi) is 4.58. The number of aliphatic hydroxyl groups excluding tert-OH is 1. The standard InChI is InChI=1S/C9H9BrF3NO3/c1-16-8-5(2-10)6(4-15)14-3-7(8)17-9(11,12)13/h3,15H,2,4H2,1H3.